The summed E-state index contributed by atoms with van der Waals surface area (Å²) >= 11 is 0. The van der Waals surface area contributed by atoms with Crippen LogP contribution in [0.4, 0.5) is 0 Å². The number of rotatable bonds is 2. The minimum Gasteiger partial charge on any atom is -0.285 e. The van der Waals surface area contributed by atoms with Crippen molar-refractivity contribution in [3.05, 3.63) is 41.5 Å². The van der Waals surface area contributed by atoms with E-state index in [0.717, 1.165) is 5.56 Å². The van der Waals surface area contributed by atoms with Crippen LogP contribution in [0.25, 0.3) is 0 Å². The van der Waals surface area contributed by atoms with Crippen LogP contribution < -0.4 is 0 Å². The van der Waals surface area contributed by atoms with E-state index in [-0.39, 0.29) is 5.78 Å². The topological polar surface area (TPSA) is 60.7 Å². The molecule has 76 valence electrons. The summed E-state index contributed by atoms with van der Waals surface area (Å²) in [7, 11) is 1.68. The molecule has 2 rings (SSSR count). The lowest BCUT2D eigenvalue weighted by molar-refractivity contribution is 0.102. The predicted molar refractivity (Wildman–Crippen MR) is 53.4 cm³/mol. The zero-order valence-corrected chi connectivity index (χ0v) is 8.51. The number of aryl methyl sites for hydroxylation is 2. The number of pyridine rings is 1. The molecule has 0 saturated carbocycles. The van der Waals surface area contributed by atoms with Gasteiger partial charge in [-0.25, -0.2) is 4.68 Å². The lowest BCUT2D eigenvalue weighted by atomic mass is 10.1. The number of carbonyl (C=O) groups excluding carboxylic acids is 1. The molecule has 0 fully saturated rings. The standard InChI is InChI=1S/C10H10N4O/c1-7-4-3-5-11-9(7)10(15)8-6-12-13-14(8)2/h3-6H,1-2H3. The molecule has 0 aliphatic rings. The molecule has 0 unspecified atom stereocenters. The van der Waals surface area contributed by atoms with E-state index in [9.17, 15) is 4.79 Å². The summed E-state index contributed by atoms with van der Waals surface area (Å²) in [5.74, 6) is -0.152. The maximum absolute atomic E-state index is 12.0. The van der Waals surface area contributed by atoms with E-state index in [1.54, 1.807) is 19.3 Å². The van der Waals surface area contributed by atoms with Gasteiger partial charge in [-0.05, 0) is 18.6 Å². The summed E-state index contributed by atoms with van der Waals surface area (Å²) in [6.07, 6.45) is 3.04. The molecular weight excluding hydrogens is 192 g/mol. The third-order valence-corrected chi connectivity index (χ3v) is 2.17. The Labute approximate surface area is 86.8 Å². The highest BCUT2D eigenvalue weighted by Crippen LogP contribution is 2.09. The molecule has 0 N–H and O–H groups in total. The van der Waals surface area contributed by atoms with Crippen molar-refractivity contribution in [1.29, 1.82) is 0 Å². The first-order chi connectivity index (χ1) is 7.20. The highest BCUT2D eigenvalue weighted by molar-refractivity contribution is 6.07. The van der Waals surface area contributed by atoms with Gasteiger partial charge in [-0.2, -0.15) is 0 Å². The van der Waals surface area contributed by atoms with Gasteiger partial charge in [0.1, 0.15) is 11.4 Å². The van der Waals surface area contributed by atoms with Crippen LogP contribution in [0.15, 0.2) is 24.5 Å². The Bertz CT molecular complexity index is 504. The van der Waals surface area contributed by atoms with Gasteiger partial charge in [0.15, 0.2) is 0 Å². The number of aromatic nitrogens is 4. The second kappa shape index (κ2) is 3.61. The van der Waals surface area contributed by atoms with Crippen molar-refractivity contribution in [2.75, 3.05) is 0 Å². The maximum Gasteiger partial charge on any atom is 0.231 e. The second-order valence-electron chi connectivity index (χ2n) is 3.24. The Morgan fingerprint density at radius 2 is 2.27 bits per heavy atom. The van der Waals surface area contributed by atoms with Crippen LogP contribution in [0.1, 0.15) is 21.7 Å². The minimum absolute atomic E-state index is 0.152. The van der Waals surface area contributed by atoms with Crippen LogP contribution in [-0.2, 0) is 7.05 Å². The van der Waals surface area contributed by atoms with Crippen molar-refractivity contribution in [3.63, 3.8) is 0 Å². The van der Waals surface area contributed by atoms with Crippen molar-refractivity contribution in [3.8, 4) is 0 Å². The Morgan fingerprint density at radius 1 is 1.47 bits per heavy atom. The van der Waals surface area contributed by atoms with Crippen LogP contribution in [0.5, 0.6) is 0 Å². The molecule has 0 amide bonds. The molecule has 0 aromatic carbocycles. The second-order valence-corrected chi connectivity index (χ2v) is 3.24. The van der Waals surface area contributed by atoms with E-state index in [1.807, 2.05) is 13.0 Å². The fourth-order valence-corrected chi connectivity index (χ4v) is 1.34. The molecule has 2 aromatic heterocycles. The lowest BCUT2D eigenvalue weighted by Gasteiger charge is -2.02. The van der Waals surface area contributed by atoms with Gasteiger partial charge in [-0.1, -0.05) is 11.3 Å². The van der Waals surface area contributed by atoms with Gasteiger partial charge in [-0.3, -0.25) is 9.78 Å². The van der Waals surface area contributed by atoms with Crippen LogP contribution >= 0.6 is 0 Å². The molecule has 5 nitrogen and oxygen atoms in total. The Morgan fingerprint density at radius 3 is 2.87 bits per heavy atom. The van der Waals surface area contributed by atoms with Crippen molar-refractivity contribution in [1.82, 2.24) is 20.0 Å². The summed E-state index contributed by atoms with van der Waals surface area (Å²) in [4.78, 5) is 16.0. The molecule has 2 aromatic rings. The largest absolute Gasteiger partial charge is 0.285 e. The molecule has 0 bridgehead atoms. The molecule has 2 heterocycles. The van der Waals surface area contributed by atoms with Gasteiger partial charge < -0.3 is 0 Å². The maximum atomic E-state index is 12.0. The van der Waals surface area contributed by atoms with Gasteiger partial charge >= 0.3 is 0 Å². The Balaban J connectivity index is 2.46. The number of hydrogen-bond acceptors (Lipinski definition) is 4. The monoisotopic (exact) mass is 202 g/mol. The summed E-state index contributed by atoms with van der Waals surface area (Å²) < 4.78 is 1.44. The van der Waals surface area contributed by atoms with E-state index >= 15 is 0 Å². The Kier molecular flexibility index (Phi) is 2.29. The Hall–Kier alpha value is -2.04. The average molecular weight is 202 g/mol. The molecule has 0 saturated heterocycles. The van der Waals surface area contributed by atoms with E-state index in [4.69, 9.17) is 0 Å². The van der Waals surface area contributed by atoms with E-state index in [0.29, 0.717) is 11.4 Å². The molecule has 0 aliphatic heterocycles. The highest BCUT2D eigenvalue weighted by Gasteiger charge is 2.16. The first kappa shape index (κ1) is 9.51. The van der Waals surface area contributed by atoms with Gasteiger partial charge in [0.25, 0.3) is 0 Å². The van der Waals surface area contributed by atoms with Crippen molar-refractivity contribution in [2.24, 2.45) is 7.05 Å². The third-order valence-electron chi connectivity index (χ3n) is 2.17. The van der Waals surface area contributed by atoms with Gasteiger partial charge in [0.2, 0.25) is 5.78 Å². The molecule has 0 spiro atoms. The number of ketones is 1. The zero-order valence-electron chi connectivity index (χ0n) is 8.51. The fraction of sp³-hybridized carbons (Fsp3) is 0.200. The summed E-state index contributed by atoms with van der Waals surface area (Å²) in [6.45, 7) is 1.85. The van der Waals surface area contributed by atoms with Crippen molar-refractivity contribution < 1.29 is 4.79 Å². The average Bonchev–Trinajstić information content (AvgIpc) is 2.64. The van der Waals surface area contributed by atoms with E-state index < -0.39 is 0 Å². The van der Waals surface area contributed by atoms with Crippen LogP contribution in [0, 0.1) is 6.92 Å². The SMILES string of the molecule is Cc1cccnc1C(=O)c1cnnn1C. The lowest BCUT2D eigenvalue weighted by Crippen LogP contribution is -2.11. The van der Waals surface area contributed by atoms with Crippen LogP contribution in [0.2, 0.25) is 0 Å². The van der Waals surface area contributed by atoms with Gasteiger partial charge in [0.05, 0.1) is 6.20 Å². The first-order valence-corrected chi connectivity index (χ1v) is 4.51. The van der Waals surface area contributed by atoms with Crippen LogP contribution in [0.3, 0.4) is 0 Å². The molecular formula is C10H10N4O. The quantitative estimate of drug-likeness (QED) is 0.674. The van der Waals surface area contributed by atoms with Gasteiger partial charge in [0, 0.05) is 13.2 Å². The number of carbonyl (C=O) groups is 1. The fourth-order valence-electron chi connectivity index (χ4n) is 1.34. The molecule has 15 heavy (non-hydrogen) atoms. The minimum atomic E-state index is -0.152. The van der Waals surface area contributed by atoms with E-state index in [2.05, 4.69) is 15.3 Å². The summed E-state index contributed by atoms with van der Waals surface area (Å²) in [6, 6.07) is 3.65. The molecule has 0 aliphatic carbocycles. The first-order valence-electron chi connectivity index (χ1n) is 4.51. The molecule has 0 atom stereocenters. The third kappa shape index (κ3) is 1.63. The van der Waals surface area contributed by atoms with Crippen molar-refractivity contribution >= 4 is 5.78 Å². The summed E-state index contributed by atoms with van der Waals surface area (Å²) in [5, 5.41) is 7.37. The summed E-state index contributed by atoms with van der Waals surface area (Å²) in [5.41, 5.74) is 1.74. The van der Waals surface area contributed by atoms with Crippen LogP contribution in [-0.4, -0.2) is 25.8 Å². The zero-order chi connectivity index (χ0) is 10.8. The smallest absolute Gasteiger partial charge is 0.231 e. The van der Waals surface area contributed by atoms with Gasteiger partial charge in [-0.15, -0.1) is 5.10 Å². The predicted octanol–water partition coefficient (Wildman–Crippen LogP) is 0.750. The van der Waals surface area contributed by atoms with E-state index in [1.165, 1.54) is 10.9 Å². The highest BCUT2D eigenvalue weighted by atomic mass is 16.1. The normalized spacial score (nSPS) is 10.3. The molecule has 0 radical (unpaired) electrons. The molecule has 5 heteroatoms. The number of nitrogens with zero attached hydrogens (tertiary/aromatic N) is 4. The number of hydrogen-bond donors (Lipinski definition) is 0. The van der Waals surface area contributed by atoms with Crippen molar-refractivity contribution in [2.45, 2.75) is 6.92 Å².